The first-order valence-electron chi connectivity index (χ1n) is 13.7. The number of carbonyl (C=O) groups excluding carboxylic acids is 3. The third-order valence-electron chi connectivity index (χ3n) is 6.64. The molecule has 3 aromatic carbocycles. The van der Waals surface area contributed by atoms with Crippen LogP contribution in [-0.4, -0.2) is 47.6 Å². The lowest BCUT2D eigenvalue weighted by Crippen LogP contribution is -2.49. The van der Waals surface area contributed by atoms with E-state index in [0.717, 1.165) is 25.3 Å². The van der Waals surface area contributed by atoms with E-state index in [-0.39, 0.29) is 17.1 Å². The monoisotopic (exact) mass is 592 g/mol. The summed E-state index contributed by atoms with van der Waals surface area (Å²) in [7, 11) is 1.52. The van der Waals surface area contributed by atoms with Crippen LogP contribution in [0.3, 0.4) is 0 Å². The van der Waals surface area contributed by atoms with Crippen LogP contribution < -0.4 is 25.1 Å². The van der Waals surface area contributed by atoms with Gasteiger partial charge in [0.2, 0.25) is 11.0 Å². The van der Waals surface area contributed by atoms with Crippen molar-refractivity contribution in [2.45, 2.75) is 45.1 Å². The van der Waals surface area contributed by atoms with Gasteiger partial charge in [-0.15, -0.1) is 0 Å². The highest BCUT2D eigenvalue weighted by Gasteiger charge is 2.45. The van der Waals surface area contributed by atoms with E-state index in [9.17, 15) is 18.8 Å². The first-order chi connectivity index (χ1) is 20.3. The summed E-state index contributed by atoms with van der Waals surface area (Å²) in [4.78, 5) is 40.9. The Morgan fingerprint density at radius 2 is 1.69 bits per heavy atom. The number of halogens is 1. The Morgan fingerprint density at radius 3 is 2.36 bits per heavy atom. The number of hydrogen-bond acceptors (Lipinski definition) is 6. The van der Waals surface area contributed by atoms with E-state index in [1.54, 1.807) is 48.5 Å². The highest BCUT2D eigenvalue weighted by molar-refractivity contribution is 7.80. The fourth-order valence-electron chi connectivity index (χ4n) is 4.41. The predicted octanol–water partition coefficient (Wildman–Crippen LogP) is 5.47. The van der Waals surface area contributed by atoms with Gasteiger partial charge >= 0.3 is 0 Å². The molecule has 3 aromatic rings. The van der Waals surface area contributed by atoms with Gasteiger partial charge in [0, 0.05) is 11.3 Å². The van der Waals surface area contributed by atoms with E-state index in [1.807, 2.05) is 0 Å². The lowest BCUT2D eigenvalue weighted by Gasteiger charge is -2.24. The molecule has 0 saturated carbocycles. The van der Waals surface area contributed by atoms with Crippen LogP contribution in [0.5, 0.6) is 11.5 Å². The smallest absolute Gasteiger partial charge is 0.269 e. The van der Waals surface area contributed by atoms with Gasteiger partial charge < -0.3 is 14.8 Å². The minimum atomic E-state index is -1.15. The summed E-state index contributed by atoms with van der Waals surface area (Å²) in [5.74, 6) is -0.973. The van der Waals surface area contributed by atoms with Crippen molar-refractivity contribution in [1.29, 1.82) is 0 Å². The fourth-order valence-corrected chi connectivity index (χ4v) is 4.78. The van der Waals surface area contributed by atoms with Crippen LogP contribution in [0.1, 0.15) is 49.4 Å². The molecule has 11 heteroatoms. The number of amides is 3. The average Bonchev–Trinajstić information content (AvgIpc) is 3.21. The molecule has 1 aliphatic rings. The molecule has 220 valence electrons. The number of nitrogens with zero attached hydrogens (tertiary/aromatic N) is 2. The number of ether oxygens (including phenoxy) is 2. The normalized spacial score (nSPS) is 14.6. The maximum Gasteiger partial charge on any atom is 0.269 e. The van der Waals surface area contributed by atoms with Crippen molar-refractivity contribution in [3.05, 3.63) is 84.2 Å². The molecule has 4 rings (SSSR count). The van der Waals surface area contributed by atoms with Crippen molar-refractivity contribution in [3.8, 4) is 11.5 Å². The average molecular weight is 593 g/mol. The fraction of sp³-hybridized carbons (Fsp3) is 0.290. The standard InChI is InChI=1S/C31H33FN4O5S/c1-3-4-5-6-18-41-26-14-10-23(11-15-26)33-28(37)20-27-30(39)35(24-12-16-25(40-2)17-13-24)31(42)36(27)34-29(38)21-8-7-9-22(32)19-21/h7-17,19,27H,3-6,18,20H2,1-2H3,(H,33,37)(H,34,38). The molecule has 1 fully saturated rings. The zero-order chi connectivity index (χ0) is 30.1. The number of methoxy groups -OCH3 is 1. The SMILES string of the molecule is CCCCCCOc1ccc(NC(=O)CC2C(=O)N(c3ccc(OC)cc3)C(=S)N2NC(=O)c2cccc(F)c2)cc1. The number of unbranched alkanes of at least 4 members (excludes halogenated alkanes) is 3. The number of nitrogens with one attached hydrogen (secondary N) is 2. The van der Waals surface area contributed by atoms with E-state index in [0.29, 0.717) is 29.5 Å². The van der Waals surface area contributed by atoms with Crippen LogP contribution in [0.2, 0.25) is 0 Å². The number of hydrogen-bond donors (Lipinski definition) is 2. The molecule has 9 nitrogen and oxygen atoms in total. The Kier molecular flexibility index (Phi) is 10.4. The molecular formula is C31H33FN4O5S. The van der Waals surface area contributed by atoms with Gasteiger partial charge in [0.05, 0.1) is 25.8 Å². The van der Waals surface area contributed by atoms with Crippen LogP contribution in [0.15, 0.2) is 72.8 Å². The Morgan fingerprint density at radius 1 is 0.976 bits per heavy atom. The second-order valence-corrected chi connectivity index (χ2v) is 10.0. The minimum Gasteiger partial charge on any atom is -0.497 e. The Balaban J connectivity index is 1.47. The maximum absolute atomic E-state index is 13.8. The van der Waals surface area contributed by atoms with Gasteiger partial charge in [-0.3, -0.25) is 24.7 Å². The van der Waals surface area contributed by atoms with Crippen LogP contribution in [0.4, 0.5) is 15.8 Å². The summed E-state index contributed by atoms with van der Waals surface area (Å²) >= 11 is 5.57. The molecule has 0 aromatic heterocycles. The third-order valence-corrected chi connectivity index (χ3v) is 7.02. The molecule has 0 bridgehead atoms. The molecule has 0 aliphatic carbocycles. The van der Waals surface area contributed by atoms with Crippen molar-refractivity contribution in [2.24, 2.45) is 0 Å². The van der Waals surface area contributed by atoms with Gasteiger partial charge in [0.25, 0.3) is 11.8 Å². The van der Waals surface area contributed by atoms with Gasteiger partial charge in [0.15, 0.2) is 0 Å². The molecule has 1 heterocycles. The van der Waals surface area contributed by atoms with Crippen LogP contribution in [-0.2, 0) is 9.59 Å². The van der Waals surface area contributed by atoms with Gasteiger partial charge in [-0.2, -0.15) is 0 Å². The van der Waals surface area contributed by atoms with Gasteiger partial charge in [0.1, 0.15) is 23.4 Å². The van der Waals surface area contributed by atoms with Crippen LogP contribution in [0.25, 0.3) is 0 Å². The van der Waals surface area contributed by atoms with E-state index in [1.165, 1.54) is 41.6 Å². The van der Waals surface area contributed by atoms with Crippen LogP contribution >= 0.6 is 12.2 Å². The van der Waals surface area contributed by atoms with Crippen LogP contribution in [0, 0.1) is 5.82 Å². The van der Waals surface area contributed by atoms with E-state index in [2.05, 4.69) is 17.7 Å². The van der Waals surface area contributed by atoms with Gasteiger partial charge in [-0.05, 0) is 85.4 Å². The number of benzene rings is 3. The Labute approximate surface area is 249 Å². The number of thiocarbonyl (C=S) groups is 1. The van der Waals surface area contributed by atoms with E-state index in [4.69, 9.17) is 21.7 Å². The number of rotatable bonds is 13. The Bertz CT molecular complexity index is 1420. The number of hydrazine groups is 1. The molecule has 42 heavy (non-hydrogen) atoms. The lowest BCUT2D eigenvalue weighted by molar-refractivity contribution is -0.124. The predicted molar refractivity (Wildman–Crippen MR) is 162 cm³/mol. The third kappa shape index (κ3) is 7.61. The highest BCUT2D eigenvalue weighted by atomic mass is 32.1. The topological polar surface area (TPSA) is 100 Å². The minimum absolute atomic E-state index is 0.0315. The molecule has 0 spiro atoms. The summed E-state index contributed by atoms with van der Waals surface area (Å²) in [6.45, 7) is 2.78. The van der Waals surface area contributed by atoms with E-state index < -0.39 is 29.6 Å². The molecule has 1 unspecified atom stereocenters. The van der Waals surface area contributed by atoms with Gasteiger partial charge in [-0.25, -0.2) is 9.40 Å². The summed E-state index contributed by atoms with van der Waals surface area (Å²) in [5.41, 5.74) is 3.57. The summed E-state index contributed by atoms with van der Waals surface area (Å²) in [6, 6.07) is 17.5. The van der Waals surface area contributed by atoms with Crippen molar-refractivity contribution in [2.75, 3.05) is 23.9 Å². The van der Waals surface area contributed by atoms with Crippen molar-refractivity contribution in [3.63, 3.8) is 0 Å². The molecule has 1 saturated heterocycles. The molecule has 3 amide bonds. The number of carbonyl (C=O) groups is 3. The first kappa shape index (κ1) is 30.4. The van der Waals surface area contributed by atoms with Gasteiger partial charge in [-0.1, -0.05) is 32.3 Å². The second-order valence-electron chi connectivity index (χ2n) is 9.68. The van der Waals surface area contributed by atoms with Crippen molar-refractivity contribution < 1.29 is 28.2 Å². The largest absolute Gasteiger partial charge is 0.497 e. The molecular weight excluding hydrogens is 559 g/mol. The molecule has 2 N–H and O–H groups in total. The first-order valence-corrected chi connectivity index (χ1v) is 14.1. The molecule has 1 aliphatic heterocycles. The maximum atomic E-state index is 13.8. The van der Waals surface area contributed by atoms with Crippen molar-refractivity contribution in [1.82, 2.24) is 10.4 Å². The highest BCUT2D eigenvalue weighted by Crippen LogP contribution is 2.28. The second kappa shape index (κ2) is 14.4. The molecule has 1 atom stereocenters. The summed E-state index contributed by atoms with van der Waals surface area (Å²) in [6.07, 6.45) is 4.10. The number of anilines is 2. The zero-order valence-electron chi connectivity index (χ0n) is 23.5. The lowest BCUT2D eigenvalue weighted by atomic mass is 10.1. The Hall–Kier alpha value is -4.51. The van der Waals surface area contributed by atoms with Crippen molar-refractivity contribution >= 4 is 46.4 Å². The molecule has 0 radical (unpaired) electrons. The zero-order valence-corrected chi connectivity index (χ0v) is 24.3. The van der Waals surface area contributed by atoms with E-state index >= 15 is 0 Å². The summed E-state index contributed by atoms with van der Waals surface area (Å²) in [5, 5.41) is 3.92. The summed E-state index contributed by atoms with van der Waals surface area (Å²) < 4.78 is 24.7. The quantitative estimate of drug-likeness (QED) is 0.201.